The summed E-state index contributed by atoms with van der Waals surface area (Å²) in [5, 5.41) is 4.98. The van der Waals surface area contributed by atoms with Gasteiger partial charge in [0.05, 0.1) is 6.54 Å². The van der Waals surface area contributed by atoms with Crippen molar-refractivity contribution in [2.45, 2.75) is 32.9 Å². The molecule has 0 bridgehead atoms. The number of amides is 3. The summed E-state index contributed by atoms with van der Waals surface area (Å²) in [5.74, 6) is 0.452. The van der Waals surface area contributed by atoms with Gasteiger partial charge in [-0.1, -0.05) is 54.1 Å². The van der Waals surface area contributed by atoms with Gasteiger partial charge in [0.1, 0.15) is 6.54 Å². The Balaban J connectivity index is 1.46. The number of hydrogen-bond acceptors (Lipinski definition) is 3. The predicted molar refractivity (Wildman–Crippen MR) is 130 cm³/mol. The van der Waals surface area contributed by atoms with Crippen LogP contribution in [0.15, 0.2) is 72.1 Å². The van der Waals surface area contributed by atoms with E-state index in [0.717, 1.165) is 34.5 Å². The molecule has 3 aromatic rings. The van der Waals surface area contributed by atoms with Gasteiger partial charge in [0.15, 0.2) is 0 Å². The monoisotopic (exact) mass is 447 g/mol. The van der Waals surface area contributed by atoms with Crippen LogP contribution in [0.3, 0.4) is 0 Å². The number of anilines is 1. The number of thiophene rings is 1. The van der Waals surface area contributed by atoms with E-state index in [9.17, 15) is 9.59 Å². The van der Waals surface area contributed by atoms with E-state index in [4.69, 9.17) is 0 Å². The number of benzene rings is 2. The Morgan fingerprint density at radius 2 is 1.69 bits per heavy atom. The van der Waals surface area contributed by atoms with E-state index < -0.39 is 0 Å². The fourth-order valence-electron chi connectivity index (χ4n) is 3.56. The van der Waals surface area contributed by atoms with Crippen LogP contribution in [0.4, 0.5) is 10.5 Å². The quantitative estimate of drug-likeness (QED) is 0.469. The Hall–Kier alpha value is -3.12. The number of nitrogens with one attached hydrogen (secondary N) is 1. The van der Waals surface area contributed by atoms with E-state index in [1.807, 2.05) is 83.9 Å². The van der Waals surface area contributed by atoms with E-state index in [1.165, 1.54) is 0 Å². The van der Waals surface area contributed by atoms with Crippen LogP contribution < -0.4 is 5.32 Å². The normalized spacial score (nSPS) is 12.9. The summed E-state index contributed by atoms with van der Waals surface area (Å²) < 4.78 is 0. The largest absolute Gasteiger partial charge is 0.332 e. The molecule has 0 saturated heterocycles. The zero-order chi connectivity index (χ0) is 22.3. The Bertz CT molecular complexity index is 1010. The molecule has 1 saturated carbocycles. The van der Waals surface area contributed by atoms with Crippen LogP contribution in [0.5, 0.6) is 0 Å². The molecule has 2 aromatic carbocycles. The van der Waals surface area contributed by atoms with Crippen LogP contribution in [0, 0.1) is 12.8 Å². The Labute approximate surface area is 193 Å². The van der Waals surface area contributed by atoms with Crippen molar-refractivity contribution in [2.75, 3.05) is 18.4 Å². The minimum atomic E-state index is -0.218. The molecule has 1 N–H and O–H groups in total. The number of rotatable bonds is 9. The third-order valence-corrected chi connectivity index (χ3v) is 6.45. The summed E-state index contributed by atoms with van der Waals surface area (Å²) >= 11 is 1.64. The first-order chi connectivity index (χ1) is 15.6. The highest BCUT2D eigenvalue weighted by Crippen LogP contribution is 2.30. The van der Waals surface area contributed by atoms with Gasteiger partial charge in [0.25, 0.3) is 0 Å². The first-order valence-corrected chi connectivity index (χ1v) is 11.9. The number of urea groups is 1. The maximum absolute atomic E-state index is 13.4. The highest BCUT2D eigenvalue weighted by molar-refractivity contribution is 7.09. The molecule has 1 fully saturated rings. The van der Waals surface area contributed by atoms with Crippen LogP contribution in [-0.2, 0) is 17.9 Å². The maximum atomic E-state index is 13.4. The molecule has 0 unspecified atom stereocenters. The van der Waals surface area contributed by atoms with Crippen LogP contribution in [-0.4, -0.2) is 34.8 Å². The molecule has 0 radical (unpaired) electrons. The number of carbonyl (C=O) groups excluding carboxylic acids is 2. The molecule has 0 aliphatic heterocycles. The second-order valence-electron chi connectivity index (χ2n) is 8.43. The molecular formula is C26H29N3O2S. The molecule has 166 valence electrons. The Morgan fingerprint density at radius 1 is 0.938 bits per heavy atom. The lowest BCUT2D eigenvalue weighted by Crippen LogP contribution is -2.44. The summed E-state index contributed by atoms with van der Waals surface area (Å²) in [6, 6.07) is 21.5. The van der Waals surface area contributed by atoms with Gasteiger partial charge in [0, 0.05) is 23.7 Å². The number of nitrogens with zero attached hydrogens (tertiary/aromatic N) is 2. The highest BCUT2D eigenvalue weighted by atomic mass is 32.1. The minimum absolute atomic E-state index is 0.0399. The van der Waals surface area contributed by atoms with E-state index in [1.54, 1.807) is 16.2 Å². The third-order valence-electron chi connectivity index (χ3n) is 5.59. The fourth-order valence-corrected chi connectivity index (χ4v) is 4.28. The van der Waals surface area contributed by atoms with Crippen molar-refractivity contribution in [2.24, 2.45) is 5.92 Å². The molecule has 1 heterocycles. The van der Waals surface area contributed by atoms with Crippen molar-refractivity contribution < 1.29 is 9.59 Å². The van der Waals surface area contributed by atoms with Gasteiger partial charge in [-0.15, -0.1) is 11.3 Å². The topological polar surface area (TPSA) is 52.7 Å². The van der Waals surface area contributed by atoms with Gasteiger partial charge in [-0.2, -0.15) is 0 Å². The van der Waals surface area contributed by atoms with Crippen LogP contribution in [0.1, 0.15) is 28.8 Å². The van der Waals surface area contributed by atoms with Gasteiger partial charge in [-0.05, 0) is 54.8 Å². The first-order valence-electron chi connectivity index (χ1n) is 11.0. The lowest BCUT2D eigenvalue weighted by atomic mass is 10.2. The molecule has 0 atom stereocenters. The van der Waals surface area contributed by atoms with Crippen LogP contribution >= 0.6 is 11.3 Å². The number of hydrogen-bond donors (Lipinski definition) is 1. The molecule has 1 aromatic heterocycles. The summed E-state index contributed by atoms with van der Waals surface area (Å²) in [5.41, 5.74) is 2.96. The van der Waals surface area contributed by atoms with E-state index in [2.05, 4.69) is 5.32 Å². The van der Waals surface area contributed by atoms with Gasteiger partial charge >= 0.3 is 6.03 Å². The van der Waals surface area contributed by atoms with Crippen LogP contribution in [0.2, 0.25) is 0 Å². The second-order valence-corrected chi connectivity index (χ2v) is 9.47. The average molecular weight is 448 g/mol. The Morgan fingerprint density at radius 3 is 2.34 bits per heavy atom. The van der Waals surface area contributed by atoms with Gasteiger partial charge in [-0.25, -0.2) is 4.79 Å². The molecule has 1 aliphatic rings. The maximum Gasteiger partial charge on any atom is 0.322 e. The summed E-state index contributed by atoms with van der Waals surface area (Å²) in [6.45, 7) is 3.77. The average Bonchev–Trinajstić information content (AvgIpc) is 3.47. The second kappa shape index (κ2) is 10.5. The highest BCUT2D eigenvalue weighted by Gasteiger charge is 2.29. The number of aryl methyl sites for hydroxylation is 1. The molecule has 5 nitrogen and oxygen atoms in total. The lowest BCUT2D eigenvalue weighted by molar-refractivity contribution is -0.133. The molecule has 6 heteroatoms. The van der Waals surface area contributed by atoms with Crippen molar-refractivity contribution in [1.82, 2.24) is 9.80 Å². The molecular weight excluding hydrogens is 418 g/mol. The van der Waals surface area contributed by atoms with Crippen LogP contribution in [0.25, 0.3) is 0 Å². The van der Waals surface area contributed by atoms with E-state index in [-0.39, 0.29) is 18.5 Å². The summed E-state index contributed by atoms with van der Waals surface area (Å²) in [7, 11) is 0. The van der Waals surface area contributed by atoms with E-state index in [0.29, 0.717) is 25.6 Å². The van der Waals surface area contributed by atoms with Gasteiger partial charge < -0.3 is 15.1 Å². The van der Waals surface area contributed by atoms with Gasteiger partial charge in [-0.3, -0.25) is 4.79 Å². The first kappa shape index (κ1) is 22.1. The fraction of sp³-hybridized carbons (Fsp3) is 0.308. The molecule has 3 amide bonds. The van der Waals surface area contributed by atoms with Crippen molar-refractivity contribution in [1.29, 1.82) is 0 Å². The van der Waals surface area contributed by atoms with Crippen molar-refractivity contribution in [3.8, 4) is 0 Å². The van der Waals surface area contributed by atoms with Crippen molar-refractivity contribution >= 4 is 29.0 Å². The molecule has 0 spiro atoms. The zero-order valence-corrected chi connectivity index (χ0v) is 19.2. The summed E-state index contributed by atoms with van der Waals surface area (Å²) in [6.07, 6.45) is 2.23. The van der Waals surface area contributed by atoms with Crippen molar-refractivity contribution in [3.05, 3.63) is 88.1 Å². The zero-order valence-electron chi connectivity index (χ0n) is 18.4. The smallest absolute Gasteiger partial charge is 0.322 e. The predicted octanol–water partition coefficient (Wildman–Crippen LogP) is 5.53. The number of carbonyl (C=O) groups is 2. The molecule has 1 aliphatic carbocycles. The van der Waals surface area contributed by atoms with Crippen molar-refractivity contribution in [3.63, 3.8) is 0 Å². The molecule has 4 rings (SSSR count). The summed E-state index contributed by atoms with van der Waals surface area (Å²) in [4.78, 5) is 31.1. The van der Waals surface area contributed by atoms with Gasteiger partial charge in [0.2, 0.25) is 5.91 Å². The third kappa shape index (κ3) is 6.44. The lowest BCUT2D eigenvalue weighted by Gasteiger charge is -2.28. The van der Waals surface area contributed by atoms with E-state index >= 15 is 0 Å². The molecule has 32 heavy (non-hydrogen) atoms. The SMILES string of the molecule is Cc1ccc(NC(=O)N(CC(=O)N(Cc2ccccc2)Cc2cccs2)CC2CC2)cc1. The standard InChI is InChI=1S/C26H29N3O2S/c1-20-9-13-23(14-10-20)27-26(31)29(17-22-11-12-22)19-25(30)28(18-24-8-5-15-32-24)16-21-6-3-2-4-7-21/h2-10,13-15,22H,11-12,16-19H2,1H3,(H,27,31). The minimum Gasteiger partial charge on any atom is -0.332 e. The Kier molecular flexibility index (Phi) is 7.22.